The lowest BCUT2D eigenvalue weighted by atomic mass is 10.0. The summed E-state index contributed by atoms with van der Waals surface area (Å²) in [5, 5.41) is 3.41. The van der Waals surface area contributed by atoms with Crippen molar-refractivity contribution in [3.8, 4) is 0 Å². The Labute approximate surface area is 150 Å². The van der Waals surface area contributed by atoms with E-state index in [1.54, 1.807) is 0 Å². The Balaban J connectivity index is 0.000000196. The minimum Gasteiger partial charge on any atom is -0.463 e. The van der Waals surface area contributed by atoms with Crippen LogP contribution in [-0.2, 0) is 22.7 Å². The average Bonchev–Trinajstić information content (AvgIpc) is 2.69. The van der Waals surface area contributed by atoms with Crippen LogP contribution in [0.3, 0.4) is 0 Å². The molecule has 0 saturated carbocycles. The summed E-state index contributed by atoms with van der Waals surface area (Å²) in [5.41, 5.74) is 2.42. The minimum atomic E-state index is 0.365. The Hall–Kier alpha value is -2.17. The third-order valence-corrected chi connectivity index (χ3v) is 4.37. The molecule has 0 amide bonds. The van der Waals surface area contributed by atoms with E-state index in [0.29, 0.717) is 13.1 Å². The number of hydrogen-bond donors (Lipinski definition) is 1. The summed E-state index contributed by atoms with van der Waals surface area (Å²) >= 11 is 0. The molecule has 0 bridgehead atoms. The summed E-state index contributed by atoms with van der Waals surface area (Å²) in [5.74, 6) is 0. The molecule has 1 fully saturated rings. The minimum absolute atomic E-state index is 0.365. The lowest BCUT2D eigenvalue weighted by Gasteiger charge is -2.31. The van der Waals surface area contributed by atoms with Crippen LogP contribution in [0.5, 0.6) is 0 Å². The Morgan fingerprint density at radius 3 is 2.12 bits per heavy atom. The number of nitrogens with one attached hydrogen (secondary N) is 1. The van der Waals surface area contributed by atoms with Crippen molar-refractivity contribution in [2.45, 2.75) is 32.0 Å². The molecular weight excluding hydrogens is 312 g/mol. The molecule has 0 atom stereocenters. The third-order valence-electron chi connectivity index (χ3n) is 4.37. The van der Waals surface area contributed by atoms with E-state index in [2.05, 4.69) is 52.3 Å². The van der Waals surface area contributed by atoms with Gasteiger partial charge in [0.2, 0.25) is 0 Å². The second-order valence-electron chi connectivity index (χ2n) is 6.27. The lowest BCUT2D eigenvalue weighted by Crippen LogP contribution is -2.40. The molecule has 4 heteroatoms. The van der Waals surface area contributed by atoms with E-state index < -0.39 is 0 Å². The van der Waals surface area contributed by atoms with Crippen molar-refractivity contribution in [3.63, 3.8) is 0 Å². The smallest absolute Gasteiger partial charge is 0.293 e. The maximum Gasteiger partial charge on any atom is 0.293 e. The van der Waals surface area contributed by atoms with Crippen LogP contribution in [0.1, 0.15) is 24.0 Å². The molecule has 1 heterocycles. The van der Waals surface area contributed by atoms with Crippen molar-refractivity contribution < 1.29 is 9.53 Å². The van der Waals surface area contributed by atoms with Gasteiger partial charge in [-0.1, -0.05) is 60.7 Å². The number of piperidine rings is 1. The Morgan fingerprint density at radius 2 is 1.56 bits per heavy atom. The average molecular weight is 340 g/mol. The fourth-order valence-corrected chi connectivity index (χ4v) is 2.95. The second kappa shape index (κ2) is 11.4. The van der Waals surface area contributed by atoms with Crippen molar-refractivity contribution in [1.29, 1.82) is 0 Å². The summed E-state index contributed by atoms with van der Waals surface area (Å²) in [4.78, 5) is 12.2. The van der Waals surface area contributed by atoms with Crippen molar-refractivity contribution in [1.82, 2.24) is 10.2 Å². The van der Waals surface area contributed by atoms with Gasteiger partial charge in [-0.05, 0) is 44.1 Å². The molecular formula is C21H28N2O2. The van der Waals surface area contributed by atoms with Gasteiger partial charge in [0.15, 0.2) is 0 Å². The first kappa shape index (κ1) is 19.2. The number of carbonyl (C=O) groups is 1. The van der Waals surface area contributed by atoms with Gasteiger partial charge in [-0.15, -0.1) is 0 Å². The summed E-state index contributed by atoms with van der Waals surface area (Å²) in [6, 6.07) is 21.0. The Bertz CT molecular complexity index is 583. The first-order valence-electron chi connectivity index (χ1n) is 8.83. The van der Waals surface area contributed by atoms with E-state index in [4.69, 9.17) is 0 Å². The van der Waals surface area contributed by atoms with E-state index in [1.807, 2.05) is 30.3 Å². The number of carbonyl (C=O) groups excluding carboxylic acids is 1. The fourth-order valence-electron chi connectivity index (χ4n) is 2.95. The zero-order chi connectivity index (χ0) is 17.7. The quantitative estimate of drug-likeness (QED) is 0.820. The van der Waals surface area contributed by atoms with Gasteiger partial charge < -0.3 is 10.1 Å². The third kappa shape index (κ3) is 7.50. The van der Waals surface area contributed by atoms with Gasteiger partial charge in [-0.25, -0.2) is 0 Å². The van der Waals surface area contributed by atoms with E-state index in [1.165, 1.54) is 31.5 Å². The van der Waals surface area contributed by atoms with E-state index in [9.17, 15) is 4.79 Å². The monoisotopic (exact) mass is 340 g/mol. The molecule has 0 spiro atoms. The van der Waals surface area contributed by atoms with E-state index in [0.717, 1.165) is 18.2 Å². The van der Waals surface area contributed by atoms with Crippen LogP contribution in [0, 0.1) is 0 Å². The molecule has 1 saturated heterocycles. The van der Waals surface area contributed by atoms with Crippen LogP contribution in [0.4, 0.5) is 0 Å². The molecule has 0 aromatic heterocycles. The fraction of sp³-hybridized carbons (Fsp3) is 0.381. The summed E-state index contributed by atoms with van der Waals surface area (Å²) in [6.45, 7) is 4.23. The van der Waals surface area contributed by atoms with E-state index >= 15 is 0 Å². The number of rotatable bonds is 6. The highest BCUT2D eigenvalue weighted by Crippen LogP contribution is 2.13. The zero-order valence-electron chi connectivity index (χ0n) is 14.9. The standard InChI is InChI=1S/C13H20N2.C8H8O2/c1-15(13-7-9-14-10-8-13)11-12-5-3-2-4-6-12;9-7-10-6-8-4-2-1-3-5-8/h2-6,13-14H,7-11H2,1H3;1-5,7H,6H2. The van der Waals surface area contributed by atoms with Crippen LogP contribution in [-0.4, -0.2) is 37.6 Å². The maximum absolute atomic E-state index is 9.76. The number of nitrogens with zero attached hydrogens (tertiary/aromatic N) is 1. The van der Waals surface area contributed by atoms with Crippen LogP contribution < -0.4 is 5.32 Å². The van der Waals surface area contributed by atoms with Gasteiger partial charge >= 0.3 is 0 Å². The first-order chi connectivity index (χ1) is 12.3. The van der Waals surface area contributed by atoms with Gasteiger partial charge in [-0.2, -0.15) is 0 Å². The summed E-state index contributed by atoms with van der Waals surface area (Å²) < 4.78 is 4.54. The molecule has 2 aromatic carbocycles. The van der Waals surface area contributed by atoms with Crippen molar-refractivity contribution in [3.05, 3.63) is 71.8 Å². The molecule has 0 aliphatic carbocycles. The molecule has 134 valence electrons. The van der Waals surface area contributed by atoms with Crippen molar-refractivity contribution >= 4 is 6.47 Å². The van der Waals surface area contributed by atoms with Crippen molar-refractivity contribution in [2.75, 3.05) is 20.1 Å². The molecule has 0 radical (unpaired) electrons. The molecule has 0 unspecified atom stereocenters. The van der Waals surface area contributed by atoms with E-state index in [-0.39, 0.29) is 0 Å². The maximum atomic E-state index is 9.76. The molecule has 1 aliphatic rings. The molecule has 1 aliphatic heterocycles. The van der Waals surface area contributed by atoms with Gasteiger partial charge in [0.1, 0.15) is 6.61 Å². The normalized spacial score (nSPS) is 14.5. The van der Waals surface area contributed by atoms with Crippen LogP contribution in [0.2, 0.25) is 0 Å². The Morgan fingerprint density at radius 1 is 1.00 bits per heavy atom. The predicted molar refractivity (Wildman–Crippen MR) is 101 cm³/mol. The highest BCUT2D eigenvalue weighted by Gasteiger charge is 2.17. The topological polar surface area (TPSA) is 41.6 Å². The SMILES string of the molecule is CN(Cc1ccccc1)C1CCNCC1.O=COCc1ccccc1. The van der Waals surface area contributed by atoms with Crippen molar-refractivity contribution in [2.24, 2.45) is 0 Å². The van der Waals surface area contributed by atoms with Gasteiger partial charge in [-0.3, -0.25) is 9.69 Å². The second-order valence-corrected chi connectivity index (χ2v) is 6.27. The van der Waals surface area contributed by atoms with Gasteiger partial charge in [0, 0.05) is 12.6 Å². The molecule has 2 aromatic rings. The largest absolute Gasteiger partial charge is 0.463 e. The van der Waals surface area contributed by atoms with Crippen LogP contribution in [0.25, 0.3) is 0 Å². The van der Waals surface area contributed by atoms with Gasteiger partial charge in [0.25, 0.3) is 6.47 Å². The Kier molecular flexibility index (Phi) is 8.73. The number of hydrogen-bond acceptors (Lipinski definition) is 4. The molecule has 3 rings (SSSR count). The predicted octanol–water partition coefficient (Wildman–Crippen LogP) is 3.23. The van der Waals surface area contributed by atoms with Gasteiger partial charge in [0.05, 0.1) is 0 Å². The molecule has 1 N–H and O–H groups in total. The van der Waals surface area contributed by atoms with Crippen LogP contribution in [0.15, 0.2) is 60.7 Å². The number of benzene rings is 2. The number of ether oxygens (including phenoxy) is 1. The summed E-state index contributed by atoms with van der Waals surface area (Å²) in [6.07, 6.45) is 2.56. The highest BCUT2D eigenvalue weighted by molar-refractivity contribution is 5.37. The molecule has 4 nitrogen and oxygen atoms in total. The lowest BCUT2D eigenvalue weighted by molar-refractivity contribution is -0.129. The molecule has 25 heavy (non-hydrogen) atoms. The highest BCUT2D eigenvalue weighted by atomic mass is 16.5. The summed E-state index contributed by atoms with van der Waals surface area (Å²) in [7, 11) is 2.24. The first-order valence-corrected chi connectivity index (χ1v) is 8.83. The zero-order valence-corrected chi connectivity index (χ0v) is 14.9. The van der Waals surface area contributed by atoms with Crippen LogP contribution >= 0.6 is 0 Å².